The van der Waals surface area contributed by atoms with Gasteiger partial charge in [-0.1, -0.05) is 6.07 Å². The molecular formula is C20H22N4O6S. The van der Waals surface area contributed by atoms with Gasteiger partial charge < -0.3 is 21.1 Å². The van der Waals surface area contributed by atoms with E-state index in [1.165, 1.54) is 30.0 Å². The highest BCUT2D eigenvalue weighted by Crippen LogP contribution is 2.17. The Bertz CT molecular complexity index is 951. The van der Waals surface area contributed by atoms with Gasteiger partial charge in [0.05, 0.1) is 4.92 Å². The van der Waals surface area contributed by atoms with Crippen molar-refractivity contribution in [1.29, 1.82) is 0 Å². The van der Waals surface area contributed by atoms with Crippen LogP contribution in [0.3, 0.4) is 0 Å². The van der Waals surface area contributed by atoms with Crippen molar-refractivity contribution in [3.63, 3.8) is 0 Å². The van der Waals surface area contributed by atoms with Crippen LogP contribution in [-0.2, 0) is 9.59 Å². The summed E-state index contributed by atoms with van der Waals surface area (Å²) < 4.78 is 5.16. The first kappa shape index (κ1) is 23.7. The summed E-state index contributed by atoms with van der Waals surface area (Å²) in [6.07, 6.45) is 2.25. The van der Waals surface area contributed by atoms with Crippen molar-refractivity contribution in [2.24, 2.45) is 5.73 Å². The summed E-state index contributed by atoms with van der Waals surface area (Å²) in [5, 5.41) is 16.3. The number of rotatable bonds is 11. The standard InChI is InChI=1S/C20H22N4O6S/c1-31-10-9-17(23-19(26)13-3-2-4-15(11-13)24(28)29)20(27)22-14-5-7-16(8-6-14)30-12-18(21)25/h2-8,11,17H,9-10,12H2,1H3,(H2,21,25)(H,22,27)(H,23,26). The lowest BCUT2D eigenvalue weighted by Crippen LogP contribution is -2.44. The Morgan fingerprint density at radius 1 is 1.19 bits per heavy atom. The number of amides is 3. The number of ether oxygens (including phenoxy) is 1. The molecule has 3 amide bonds. The lowest BCUT2D eigenvalue weighted by molar-refractivity contribution is -0.384. The molecule has 1 atom stereocenters. The number of carbonyl (C=O) groups is 3. The summed E-state index contributed by atoms with van der Waals surface area (Å²) >= 11 is 1.52. The van der Waals surface area contributed by atoms with Gasteiger partial charge in [0.1, 0.15) is 11.8 Å². The highest BCUT2D eigenvalue weighted by atomic mass is 32.2. The molecule has 0 bridgehead atoms. The van der Waals surface area contributed by atoms with Crippen molar-refractivity contribution >= 4 is 40.9 Å². The number of non-ortho nitro benzene ring substituents is 1. The number of hydrogen-bond acceptors (Lipinski definition) is 7. The molecule has 1 unspecified atom stereocenters. The highest BCUT2D eigenvalue weighted by molar-refractivity contribution is 7.98. The van der Waals surface area contributed by atoms with Crippen molar-refractivity contribution < 1.29 is 24.0 Å². The monoisotopic (exact) mass is 446 g/mol. The topological polar surface area (TPSA) is 154 Å². The van der Waals surface area contributed by atoms with Gasteiger partial charge in [-0.05, 0) is 48.8 Å². The molecule has 11 heteroatoms. The van der Waals surface area contributed by atoms with Crippen molar-refractivity contribution in [2.75, 3.05) is 23.9 Å². The van der Waals surface area contributed by atoms with Crippen LogP contribution < -0.4 is 21.1 Å². The van der Waals surface area contributed by atoms with Crippen LogP contribution in [0.1, 0.15) is 16.8 Å². The molecule has 0 saturated carbocycles. The van der Waals surface area contributed by atoms with E-state index in [1.807, 2.05) is 6.26 Å². The van der Waals surface area contributed by atoms with Crippen molar-refractivity contribution in [3.05, 3.63) is 64.2 Å². The minimum absolute atomic E-state index is 0.0899. The lowest BCUT2D eigenvalue weighted by Gasteiger charge is -2.18. The maximum absolute atomic E-state index is 12.7. The number of nitrogens with one attached hydrogen (secondary N) is 2. The van der Waals surface area contributed by atoms with Crippen molar-refractivity contribution in [1.82, 2.24) is 5.32 Å². The molecule has 2 rings (SSSR count). The summed E-state index contributed by atoms with van der Waals surface area (Å²) in [6, 6.07) is 10.8. The number of benzene rings is 2. The molecule has 0 saturated heterocycles. The highest BCUT2D eigenvalue weighted by Gasteiger charge is 2.22. The molecule has 0 radical (unpaired) electrons. The fourth-order valence-electron chi connectivity index (χ4n) is 2.53. The van der Waals surface area contributed by atoms with E-state index in [0.717, 1.165) is 6.07 Å². The van der Waals surface area contributed by atoms with Gasteiger partial charge in [0.2, 0.25) is 5.91 Å². The molecule has 0 aliphatic carbocycles. The summed E-state index contributed by atoms with van der Waals surface area (Å²) in [6.45, 7) is -0.258. The normalized spacial score (nSPS) is 11.3. The Balaban J connectivity index is 2.06. The fourth-order valence-corrected chi connectivity index (χ4v) is 3.00. The number of hydrogen-bond donors (Lipinski definition) is 3. The number of anilines is 1. The third-order valence-corrected chi connectivity index (χ3v) is 4.70. The van der Waals surface area contributed by atoms with Gasteiger partial charge in [-0.25, -0.2) is 0 Å². The fraction of sp³-hybridized carbons (Fsp3) is 0.250. The van der Waals surface area contributed by atoms with E-state index in [2.05, 4.69) is 10.6 Å². The maximum atomic E-state index is 12.7. The second kappa shape index (κ2) is 11.6. The zero-order valence-electron chi connectivity index (χ0n) is 16.7. The van der Waals surface area contributed by atoms with Gasteiger partial charge >= 0.3 is 0 Å². The van der Waals surface area contributed by atoms with Crippen LogP contribution in [0.5, 0.6) is 5.75 Å². The molecular weight excluding hydrogens is 424 g/mol. The van der Waals surface area contributed by atoms with Crippen LogP contribution >= 0.6 is 11.8 Å². The molecule has 10 nitrogen and oxygen atoms in total. The van der Waals surface area contributed by atoms with Crippen LogP contribution in [0.25, 0.3) is 0 Å². The van der Waals surface area contributed by atoms with Crippen LogP contribution in [0.4, 0.5) is 11.4 Å². The molecule has 31 heavy (non-hydrogen) atoms. The predicted octanol–water partition coefficient (Wildman–Crippen LogP) is 1.95. The number of nitro benzene ring substituents is 1. The predicted molar refractivity (Wildman–Crippen MR) is 117 cm³/mol. The van der Waals surface area contributed by atoms with E-state index in [4.69, 9.17) is 10.5 Å². The Hall–Kier alpha value is -3.60. The van der Waals surface area contributed by atoms with Crippen LogP contribution in [0.2, 0.25) is 0 Å². The average molecular weight is 446 g/mol. The first-order chi connectivity index (χ1) is 14.8. The van der Waals surface area contributed by atoms with Gasteiger partial charge in [-0.15, -0.1) is 0 Å². The summed E-state index contributed by atoms with van der Waals surface area (Å²) in [4.78, 5) is 46.4. The van der Waals surface area contributed by atoms with Gasteiger partial charge in [0, 0.05) is 23.4 Å². The third kappa shape index (κ3) is 7.63. The van der Waals surface area contributed by atoms with Crippen molar-refractivity contribution in [2.45, 2.75) is 12.5 Å². The number of nitrogens with zero attached hydrogens (tertiary/aromatic N) is 1. The van der Waals surface area contributed by atoms with E-state index in [1.54, 1.807) is 24.3 Å². The quantitative estimate of drug-likeness (QED) is 0.352. The Morgan fingerprint density at radius 2 is 1.90 bits per heavy atom. The molecule has 0 aromatic heterocycles. The van der Waals surface area contributed by atoms with E-state index >= 15 is 0 Å². The number of carbonyl (C=O) groups excluding carboxylic acids is 3. The smallest absolute Gasteiger partial charge is 0.270 e. The van der Waals surface area contributed by atoms with Gasteiger partial charge in [-0.3, -0.25) is 24.5 Å². The minimum atomic E-state index is -0.843. The number of nitrogens with two attached hydrogens (primary N) is 1. The largest absolute Gasteiger partial charge is 0.484 e. The van der Waals surface area contributed by atoms with Crippen LogP contribution in [-0.4, -0.2) is 47.3 Å². The molecule has 2 aromatic rings. The Labute approximate surface area is 182 Å². The average Bonchev–Trinajstić information content (AvgIpc) is 2.75. The maximum Gasteiger partial charge on any atom is 0.270 e. The second-order valence-electron chi connectivity index (χ2n) is 6.38. The molecule has 164 valence electrons. The van der Waals surface area contributed by atoms with E-state index in [9.17, 15) is 24.5 Å². The lowest BCUT2D eigenvalue weighted by atomic mass is 10.1. The molecule has 4 N–H and O–H groups in total. The first-order valence-corrected chi connectivity index (χ1v) is 10.6. The van der Waals surface area contributed by atoms with Gasteiger partial charge in [0.25, 0.3) is 17.5 Å². The summed E-state index contributed by atoms with van der Waals surface area (Å²) in [5.41, 5.74) is 5.37. The Kier molecular flexibility index (Phi) is 8.82. The first-order valence-electron chi connectivity index (χ1n) is 9.16. The molecule has 0 aliphatic heterocycles. The zero-order valence-corrected chi connectivity index (χ0v) is 17.5. The van der Waals surface area contributed by atoms with E-state index < -0.39 is 28.7 Å². The minimum Gasteiger partial charge on any atom is -0.484 e. The van der Waals surface area contributed by atoms with Crippen molar-refractivity contribution in [3.8, 4) is 5.75 Å². The number of primary amides is 1. The summed E-state index contributed by atoms with van der Waals surface area (Å²) in [5.74, 6) is -0.588. The van der Waals surface area contributed by atoms with Crippen LogP contribution in [0, 0.1) is 10.1 Å². The molecule has 0 heterocycles. The van der Waals surface area contributed by atoms with Gasteiger partial charge in [-0.2, -0.15) is 11.8 Å². The third-order valence-electron chi connectivity index (χ3n) is 4.05. The Morgan fingerprint density at radius 3 is 2.52 bits per heavy atom. The second-order valence-corrected chi connectivity index (χ2v) is 7.37. The molecule has 0 spiro atoms. The van der Waals surface area contributed by atoms with E-state index in [0.29, 0.717) is 23.6 Å². The number of thioether (sulfide) groups is 1. The van der Waals surface area contributed by atoms with Gasteiger partial charge in [0.15, 0.2) is 6.61 Å². The molecule has 2 aromatic carbocycles. The zero-order chi connectivity index (χ0) is 22.8. The van der Waals surface area contributed by atoms with Crippen LogP contribution in [0.15, 0.2) is 48.5 Å². The molecule has 0 aliphatic rings. The number of nitro groups is 1. The van der Waals surface area contributed by atoms with E-state index in [-0.39, 0.29) is 17.9 Å². The molecule has 0 fully saturated rings. The SMILES string of the molecule is CSCCC(NC(=O)c1cccc([N+](=O)[O-])c1)C(=O)Nc1ccc(OCC(N)=O)cc1. The summed E-state index contributed by atoms with van der Waals surface area (Å²) in [7, 11) is 0.